The van der Waals surface area contributed by atoms with Crippen molar-refractivity contribution in [3.05, 3.63) is 0 Å². The average molecular weight is 202 g/mol. The Hall–Kier alpha value is -1.46. The van der Waals surface area contributed by atoms with Crippen LogP contribution in [0.4, 0.5) is 9.59 Å². The molecule has 14 heavy (non-hydrogen) atoms. The van der Waals surface area contributed by atoms with E-state index in [1.807, 2.05) is 13.8 Å². The zero-order valence-electron chi connectivity index (χ0n) is 8.25. The SMILES string of the molecule is CC1(C)COC(=O)N1.O=C1NCCO1. The fraction of sp³-hybridized carbons (Fsp3) is 0.750. The van der Waals surface area contributed by atoms with Crippen LogP contribution < -0.4 is 10.6 Å². The smallest absolute Gasteiger partial charge is 0.407 e. The molecule has 0 unspecified atom stereocenters. The number of hydrogen-bond donors (Lipinski definition) is 2. The van der Waals surface area contributed by atoms with E-state index in [0.29, 0.717) is 19.8 Å². The van der Waals surface area contributed by atoms with Crippen LogP contribution in [-0.2, 0) is 9.47 Å². The highest BCUT2D eigenvalue weighted by molar-refractivity contribution is 5.70. The summed E-state index contributed by atoms with van der Waals surface area (Å²) < 4.78 is 9.02. The quantitative estimate of drug-likeness (QED) is 0.589. The summed E-state index contributed by atoms with van der Waals surface area (Å²) in [6.45, 7) is 5.50. The molecule has 2 heterocycles. The molecule has 2 amide bonds. The topological polar surface area (TPSA) is 76.7 Å². The number of carbonyl (C=O) groups excluding carboxylic acids is 2. The first-order valence-corrected chi connectivity index (χ1v) is 4.35. The van der Waals surface area contributed by atoms with Crippen LogP contribution >= 0.6 is 0 Å². The van der Waals surface area contributed by atoms with Gasteiger partial charge in [0, 0.05) is 0 Å². The number of ether oxygens (including phenoxy) is 2. The van der Waals surface area contributed by atoms with E-state index in [-0.39, 0.29) is 17.7 Å². The molecule has 2 saturated heterocycles. The lowest BCUT2D eigenvalue weighted by Gasteiger charge is -2.11. The van der Waals surface area contributed by atoms with Crippen molar-refractivity contribution in [3.8, 4) is 0 Å². The molecule has 0 bridgehead atoms. The maximum atomic E-state index is 10.3. The summed E-state index contributed by atoms with van der Waals surface area (Å²) in [4.78, 5) is 20.2. The first kappa shape index (κ1) is 10.6. The Balaban J connectivity index is 0.000000146. The zero-order chi connectivity index (χ0) is 10.6. The molecule has 2 N–H and O–H groups in total. The molecule has 6 nitrogen and oxygen atoms in total. The third kappa shape index (κ3) is 3.51. The lowest BCUT2D eigenvalue weighted by Crippen LogP contribution is -2.36. The second kappa shape index (κ2) is 4.17. The summed E-state index contributed by atoms with van der Waals surface area (Å²) in [7, 11) is 0. The minimum atomic E-state index is -0.310. The molecule has 2 aliphatic rings. The van der Waals surface area contributed by atoms with Crippen molar-refractivity contribution < 1.29 is 19.1 Å². The zero-order valence-corrected chi connectivity index (χ0v) is 8.25. The summed E-state index contributed by atoms with van der Waals surface area (Å²) in [5, 5.41) is 5.09. The Kier molecular flexibility index (Phi) is 3.16. The van der Waals surface area contributed by atoms with Crippen LogP contribution in [0.15, 0.2) is 0 Å². The summed E-state index contributed by atoms with van der Waals surface area (Å²) in [6, 6.07) is 0. The number of nitrogens with one attached hydrogen (secondary N) is 2. The molecule has 0 radical (unpaired) electrons. The van der Waals surface area contributed by atoms with Crippen molar-refractivity contribution in [2.24, 2.45) is 0 Å². The van der Waals surface area contributed by atoms with Crippen molar-refractivity contribution in [2.45, 2.75) is 19.4 Å². The average Bonchev–Trinajstić information content (AvgIpc) is 2.62. The van der Waals surface area contributed by atoms with Gasteiger partial charge in [0.25, 0.3) is 0 Å². The van der Waals surface area contributed by atoms with E-state index in [2.05, 4.69) is 20.1 Å². The van der Waals surface area contributed by atoms with Crippen molar-refractivity contribution in [1.29, 1.82) is 0 Å². The number of cyclic esters (lactones) is 2. The fourth-order valence-electron chi connectivity index (χ4n) is 0.942. The van der Waals surface area contributed by atoms with Gasteiger partial charge >= 0.3 is 12.2 Å². The van der Waals surface area contributed by atoms with Gasteiger partial charge in [0.1, 0.15) is 13.2 Å². The van der Waals surface area contributed by atoms with E-state index in [0.717, 1.165) is 0 Å². The highest BCUT2D eigenvalue weighted by Crippen LogP contribution is 2.08. The molecule has 6 heteroatoms. The molecule has 0 aromatic heterocycles. The highest BCUT2D eigenvalue weighted by atomic mass is 16.6. The Morgan fingerprint density at radius 2 is 1.93 bits per heavy atom. The molecule has 2 aliphatic heterocycles. The molecule has 2 fully saturated rings. The second-order valence-corrected chi connectivity index (χ2v) is 3.65. The molecule has 0 atom stereocenters. The molecule has 80 valence electrons. The fourth-order valence-corrected chi connectivity index (χ4v) is 0.942. The summed E-state index contributed by atoms with van der Waals surface area (Å²) in [5.74, 6) is 0. The molecule has 0 aliphatic carbocycles. The van der Waals surface area contributed by atoms with Crippen molar-refractivity contribution in [2.75, 3.05) is 19.8 Å². The van der Waals surface area contributed by atoms with Gasteiger partial charge in [-0.25, -0.2) is 9.59 Å². The van der Waals surface area contributed by atoms with Gasteiger partial charge in [-0.1, -0.05) is 0 Å². The normalized spacial score (nSPS) is 22.4. The largest absolute Gasteiger partial charge is 0.448 e. The van der Waals surface area contributed by atoms with Gasteiger partial charge in [-0.3, -0.25) is 0 Å². The summed E-state index contributed by atoms with van der Waals surface area (Å²) >= 11 is 0. The first-order chi connectivity index (χ1) is 6.49. The predicted octanol–water partition coefficient (Wildman–Crippen LogP) is 0.231. The lowest BCUT2D eigenvalue weighted by atomic mass is 10.1. The van der Waals surface area contributed by atoms with Crippen LogP contribution in [0.25, 0.3) is 0 Å². The Morgan fingerprint density at radius 3 is 2.07 bits per heavy atom. The van der Waals surface area contributed by atoms with Crippen LogP contribution in [0.2, 0.25) is 0 Å². The number of carbonyl (C=O) groups is 2. The van der Waals surface area contributed by atoms with E-state index in [4.69, 9.17) is 0 Å². The molecular weight excluding hydrogens is 188 g/mol. The molecule has 0 spiro atoms. The number of alkyl carbamates (subject to hydrolysis) is 2. The molecule has 2 rings (SSSR count). The van der Waals surface area contributed by atoms with Crippen LogP contribution in [0.1, 0.15) is 13.8 Å². The van der Waals surface area contributed by atoms with Crippen LogP contribution in [-0.4, -0.2) is 37.5 Å². The van der Waals surface area contributed by atoms with Gasteiger partial charge < -0.3 is 20.1 Å². The van der Waals surface area contributed by atoms with Crippen molar-refractivity contribution >= 4 is 12.2 Å². The third-order valence-corrected chi connectivity index (χ3v) is 1.61. The Morgan fingerprint density at radius 1 is 1.21 bits per heavy atom. The van der Waals surface area contributed by atoms with Crippen LogP contribution in [0.3, 0.4) is 0 Å². The van der Waals surface area contributed by atoms with E-state index in [1.165, 1.54) is 0 Å². The third-order valence-electron chi connectivity index (χ3n) is 1.61. The molecular formula is C8H14N2O4. The minimum Gasteiger partial charge on any atom is -0.448 e. The van der Waals surface area contributed by atoms with Gasteiger partial charge in [0.2, 0.25) is 0 Å². The minimum absolute atomic E-state index is 0.156. The monoisotopic (exact) mass is 202 g/mol. The van der Waals surface area contributed by atoms with Gasteiger partial charge in [0.05, 0.1) is 12.1 Å². The highest BCUT2D eigenvalue weighted by Gasteiger charge is 2.29. The Bertz CT molecular complexity index is 231. The first-order valence-electron chi connectivity index (χ1n) is 4.35. The van der Waals surface area contributed by atoms with Crippen LogP contribution in [0.5, 0.6) is 0 Å². The van der Waals surface area contributed by atoms with Crippen molar-refractivity contribution in [1.82, 2.24) is 10.6 Å². The van der Waals surface area contributed by atoms with Crippen molar-refractivity contribution in [3.63, 3.8) is 0 Å². The molecule has 0 aromatic rings. The number of rotatable bonds is 0. The molecule has 0 saturated carbocycles. The van der Waals surface area contributed by atoms with Gasteiger partial charge in [-0.05, 0) is 13.8 Å². The van der Waals surface area contributed by atoms with E-state index >= 15 is 0 Å². The van der Waals surface area contributed by atoms with E-state index in [1.54, 1.807) is 0 Å². The second-order valence-electron chi connectivity index (χ2n) is 3.65. The Labute approximate surface area is 81.9 Å². The number of amides is 2. The maximum absolute atomic E-state index is 10.3. The van der Waals surface area contributed by atoms with Crippen LogP contribution in [0, 0.1) is 0 Å². The maximum Gasteiger partial charge on any atom is 0.407 e. The summed E-state index contributed by atoms with van der Waals surface area (Å²) in [5.41, 5.74) is -0.156. The van der Waals surface area contributed by atoms with Gasteiger partial charge in [-0.2, -0.15) is 0 Å². The van der Waals surface area contributed by atoms with E-state index < -0.39 is 0 Å². The van der Waals surface area contributed by atoms with E-state index in [9.17, 15) is 9.59 Å². The lowest BCUT2D eigenvalue weighted by molar-refractivity contribution is 0.174. The van der Waals surface area contributed by atoms with Gasteiger partial charge in [-0.15, -0.1) is 0 Å². The molecule has 0 aromatic carbocycles. The number of hydrogen-bond acceptors (Lipinski definition) is 4. The predicted molar refractivity (Wildman–Crippen MR) is 47.9 cm³/mol. The standard InChI is InChI=1S/C5H9NO2.C3H5NO2/c1-5(2)3-8-4(7)6-5;5-3-4-1-2-6-3/h3H2,1-2H3,(H,6,7);1-2H2,(H,4,5). The summed E-state index contributed by atoms with van der Waals surface area (Å²) in [6.07, 6.45) is -0.606. The van der Waals surface area contributed by atoms with Gasteiger partial charge in [0.15, 0.2) is 0 Å².